The normalized spacial score (nSPS) is 17.7. The summed E-state index contributed by atoms with van der Waals surface area (Å²) in [6.45, 7) is 5.99. The summed E-state index contributed by atoms with van der Waals surface area (Å²) in [4.78, 5) is 27.7. The first-order valence-corrected chi connectivity index (χ1v) is 11.1. The molecule has 4 rings (SSSR count). The Labute approximate surface area is 193 Å². The summed E-state index contributed by atoms with van der Waals surface area (Å²) in [6.07, 6.45) is 2.35. The molecule has 0 radical (unpaired) electrons. The van der Waals surface area contributed by atoms with Crippen LogP contribution in [0.25, 0.3) is 5.76 Å². The zero-order chi connectivity index (χ0) is 23.5. The number of carbonyl (C=O) groups excluding carboxylic acids is 2. The van der Waals surface area contributed by atoms with Crippen molar-refractivity contribution in [1.82, 2.24) is 4.90 Å². The molecular formula is C27H27NO5. The van der Waals surface area contributed by atoms with Gasteiger partial charge in [-0.3, -0.25) is 9.59 Å². The molecule has 33 heavy (non-hydrogen) atoms. The summed E-state index contributed by atoms with van der Waals surface area (Å²) < 4.78 is 11.2. The zero-order valence-corrected chi connectivity index (χ0v) is 18.9. The number of aliphatic hydroxyl groups excluding tert-OH is 1. The topological polar surface area (TPSA) is 80.0 Å². The van der Waals surface area contributed by atoms with Gasteiger partial charge in [0.2, 0.25) is 0 Å². The lowest BCUT2D eigenvalue weighted by Crippen LogP contribution is -2.29. The number of Topliss-reactive ketones (excluding diaryl/α,β-unsaturated/α-hetero) is 1. The van der Waals surface area contributed by atoms with Crippen molar-refractivity contribution in [3.05, 3.63) is 95.0 Å². The minimum absolute atomic E-state index is 0.0432. The third kappa shape index (κ3) is 4.55. The molecule has 0 spiro atoms. The van der Waals surface area contributed by atoms with E-state index in [-0.39, 0.29) is 24.0 Å². The zero-order valence-electron chi connectivity index (χ0n) is 18.9. The molecule has 1 aliphatic rings. The van der Waals surface area contributed by atoms with Gasteiger partial charge in [0, 0.05) is 5.56 Å². The van der Waals surface area contributed by atoms with Gasteiger partial charge in [0.25, 0.3) is 11.7 Å². The number of rotatable bonds is 7. The lowest BCUT2D eigenvalue weighted by Gasteiger charge is -2.24. The fraction of sp³-hybridized carbons (Fsp3) is 0.259. The standard InChI is InChI=1S/C27H27NO5/c1-4-18-10-12-19(13-11-18)24-23(25(29)20-7-5-8-21(15-20)33-17(2)3)26(30)27(31)28(24)16-22-9-6-14-32-22/h5-15,17,24,29H,4,16H2,1-3H3/b25-23-. The molecule has 1 atom stereocenters. The molecule has 3 aromatic rings. The van der Waals surface area contributed by atoms with E-state index in [4.69, 9.17) is 9.15 Å². The van der Waals surface area contributed by atoms with Crippen LogP contribution in [0.3, 0.4) is 0 Å². The minimum atomic E-state index is -0.740. The van der Waals surface area contributed by atoms with Crippen molar-refractivity contribution in [2.24, 2.45) is 0 Å². The van der Waals surface area contributed by atoms with E-state index < -0.39 is 17.7 Å². The van der Waals surface area contributed by atoms with Crippen LogP contribution in [0, 0.1) is 0 Å². The Hall–Kier alpha value is -3.80. The number of furan rings is 1. The van der Waals surface area contributed by atoms with Gasteiger partial charge in [-0.15, -0.1) is 0 Å². The average Bonchev–Trinajstić information content (AvgIpc) is 3.41. The van der Waals surface area contributed by atoms with Crippen molar-refractivity contribution in [1.29, 1.82) is 0 Å². The van der Waals surface area contributed by atoms with Crippen LogP contribution in [0.5, 0.6) is 5.75 Å². The number of benzene rings is 2. The third-order valence-electron chi connectivity index (χ3n) is 5.63. The predicted octanol–water partition coefficient (Wildman–Crippen LogP) is 5.25. The molecule has 2 aromatic carbocycles. The van der Waals surface area contributed by atoms with Crippen molar-refractivity contribution in [3.63, 3.8) is 0 Å². The summed E-state index contributed by atoms with van der Waals surface area (Å²) in [7, 11) is 0. The number of carbonyl (C=O) groups is 2. The number of aryl methyl sites for hydroxylation is 1. The molecule has 170 valence electrons. The number of amides is 1. The summed E-state index contributed by atoms with van der Waals surface area (Å²) in [5.74, 6) is -0.498. The highest BCUT2D eigenvalue weighted by atomic mass is 16.5. The smallest absolute Gasteiger partial charge is 0.296 e. The third-order valence-corrected chi connectivity index (χ3v) is 5.63. The molecule has 0 bridgehead atoms. The van der Waals surface area contributed by atoms with Crippen LogP contribution in [-0.4, -0.2) is 27.8 Å². The number of ether oxygens (including phenoxy) is 1. The van der Waals surface area contributed by atoms with Crippen molar-refractivity contribution in [2.75, 3.05) is 0 Å². The molecule has 1 amide bonds. The monoisotopic (exact) mass is 445 g/mol. The van der Waals surface area contributed by atoms with Gasteiger partial charge in [0.15, 0.2) is 0 Å². The largest absolute Gasteiger partial charge is 0.507 e. The maximum Gasteiger partial charge on any atom is 0.296 e. The molecule has 0 saturated carbocycles. The number of ketones is 1. The van der Waals surface area contributed by atoms with Crippen molar-refractivity contribution in [3.8, 4) is 5.75 Å². The molecular weight excluding hydrogens is 418 g/mol. The second-order valence-electron chi connectivity index (χ2n) is 8.30. The van der Waals surface area contributed by atoms with Crippen LogP contribution in [0.2, 0.25) is 0 Å². The summed E-state index contributed by atoms with van der Waals surface area (Å²) in [5, 5.41) is 11.2. The Morgan fingerprint density at radius 2 is 1.85 bits per heavy atom. The van der Waals surface area contributed by atoms with Gasteiger partial charge in [-0.25, -0.2) is 0 Å². The Balaban J connectivity index is 1.83. The minimum Gasteiger partial charge on any atom is -0.507 e. The Bertz CT molecular complexity index is 1180. The first-order valence-electron chi connectivity index (χ1n) is 11.1. The van der Waals surface area contributed by atoms with Gasteiger partial charge in [-0.2, -0.15) is 0 Å². The van der Waals surface area contributed by atoms with E-state index in [1.165, 1.54) is 11.2 Å². The van der Waals surface area contributed by atoms with Gasteiger partial charge >= 0.3 is 0 Å². The lowest BCUT2D eigenvalue weighted by atomic mass is 9.94. The first kappa shape index (κ1) is 22.4. The van der Waals surface area contributed by atoms with Crippen LogP contribution in [0.1, 0.15) is 49.3 Å². The summed E-state index contributed by atoms with van der Waals surface area (Å²) in [5.41, 5.74) is 2.35. The summed E-state index contributed by atoms with van der Waals surface area (Å²) in [6, 6.07) is 17.4. The summed E-state index contributed by atoms with van der Waals surface area (Å²) >= 11 is 0. The van der Waals surface area contributed by atoms with E-state index in [1.807, 2.05) is 38.1 Å². The van der Waals surface area contributed by atoms with Gasteiger partial charge in [-0.05, 0) is 55.7 Å². The van der Waals surface area contributed by atoms with E-state index in [0.717, 1.165) is 17.5 Å². The number of likely N-dealkylation sites (tertiary alicyclic amines) is 1. The molecule has 6 nitrogen and oxygen atoms in total. The Morgan fingerprint density at radius 1 is 1.09 bits per heavy atom. The number of hydrogen-bond acceptors (Lipinski definition) is 5. The maximum atomic E-state index is 13.2. The Kier molecular flexibility index (Phi) is 6.36. The van der Waals surface area contributed by atoms with Gasteiger partial charge in [0.05, 0.1) is 30.5 Å². The maximum absolute atomic E-state index is 13.2. The first-order chi connectivity index (χ1) is 15.9. The molecule has 0 aliphatic carbocycles. The van der Waals surface area contributed by atoms with Gasteiger partial charge < -0.3 is 19.2 Å². The second kappa shape index (κ2) is 9.36. The molecule has 2 heterocycles. The Morgan fingerprint density at radius 3 is 2.48 bits per heavy atom. The fourth-order valence-electron chi connectivity index (χ4n) is 4.04. The molecule has 1 fully saturated rings. The van der Waals surface area contributed by atoms with E-state index in [1.54, 1.807) is 36.4 Å². The van der Waals surface area contributed by atoms with Crippen molar-refractivity contribution in [2.45, 2.75) is 45.9 Å². The average molecular weight is 446 g/mol. The quantitative estimate of drug-likeness (QED) is 0.305. The van der Waals surface area contributed by atoms with Crippen molar-refractivity contribution < 1.29 is 23.8 Å². The molecule has 6 heteroatoms. The highest BCUT2D eigenvalue weighted by Crippen LogP contribution is 2.40. The van der Waals surface area contributed by atoms with E-state index >= 15 is 0 Å². The van der Waals surface area contributed by atoms with Crippen LogP contribution < -0.4 is 4.74 Å². The van der Waals surface area contributed by atoms with Crippen LogP contribution in [0.4, 0.5) is 0 Å². The fourth-order valence-corrected chi connectivity index (χ4v) is 4.04. The molecule has 1 N–H and O–H groups in total. The number of hydrogen-bond donors (Lipinski definition) is 1. The molecule has 1 aromatic heterocycles. The van der Waals surface area contributed by atoms with Gasteiger partial charge in [-0.1, -0.05) is 43.3 Å². The van der Waals surface area contributed by atoms with E-state index in [2.05, 4.69) is 6.92 Å². The lowest BCUT2D eigenvalue weighted by molar-refractivity contribution is -0.140. The van der Waals surface area contributed by atoms with E-state index in [9.17, 15) is 14.7 Å². The van der Waals surface area contributed by atoms with Gasteiger partial charge in [0.1, 0.15) is 17.3 Å². The number of nitrogens with zero attached hydrogens (tertiary/aromatic N) is 1. The molecule has 1 unspecified atom stereocenters. The molecule has 1 aliphatic heterocycles. The van der Waals surface area contributed by atoms with Crippen LogP contribution in [0.15, 0.2) is 76.9 Å². The highest BCUT2D eigenvalue weighted by molar-refractivity contribution is 6.46. The second-order valence-corrected chi connectivity index (χ2v) is 8.30. The van der Waals surface area contributed by atoms with E-state index in [0.29, 0.717) is 17.1 Å². The van der Waals surface area contributed by atoms with Crippen LogP contribution in [-0.2, 0) is 22.6 Å². The van der Waals surface area contributed by atoms with Crippen molar-refractivity contribution >= 4 is 17.4 Å². The SMILES string of the molecule is CCc1ccc(C2/C(=C(/O)c3cccc(OC(C)C)c3)C(=O)C(=O)N2Cc2ccco2)cc1. The van der Waals surface area contributed by atoms with Crippen LogP contribution >= 0.6 is 0 Å². The number of aliphatic hydroxyl groups is 1. The highest BCUT2D eigenvalue weighted by Gasteiger charge is 2.46. The predicted molar refractivity (Wildman–Crippen MR) is 125 cm³/mol. The molecule has 1 saturated heterocycles.